The number of carboxylic acids is 1. The van der Waals surface area contributed by atoms with Gasteiger partial charge >= 0.3 is 16.2 Å². The van der Waals surface area contributed by atoms with Gasteiger partial charge in [0.25, 0.3) is 0 Å². The number of carbonyl (C=O) groups is 1. The number of aliphatic carboxylic acids is 1. The molecule has 0 aliphatic carbocycles. The summed E-state index contributed by atoms with van der Waals surface area (Å²) in [5, 5.41) is 9.05. The van der Waals surface area contributed by atoms with Crippen LogP contribution >= 0.6 is 11.6 Å². The molecule has 8 nitrogen and oxygen atoms in total. The van der Waals surface area contributed by atoms with Gasteiger partial charge in [0.15, 0.2) is 0 Å². The van der Waals surface area contributed by atoms with Crippen LogP contribution in [0, 0.1) is 12.8 Å². The summed E-state index contributed by atoms with van der Waals surface area (Å²) < 4.78 is 27.8. The molecule has 0 saturated carbocycles. The lowest BCUT2D eigenvalue weighted by Crippen LogP contribution is -2.43. The van der Waals surface area contributed by atoms with Gasteiger partial charge in [-0.1, -0.05) is 11.6 Å². The van der Waals surface area contributed by atoms with Crippen LogP contribution in [0.3, 0.4) is 0 Å². The number of hydrogen-bond donors (Lipinski definition) is 2. The molecule has 1 aliphatic heterocycles. The van der Waals surface area contributed by atoms with E-state index in [1.54, 1.807) is 6.92 Å². The first kappa shape index (κ1) is 15.9. The van der Waals surface area contributed by atoms with Gasteiger partial charge in [0.2, 0.25) is 5.95 Å². The molecule has 116 valence electrons. The maximum atomic E-state index is 12.2. The topological polar surface area (TPSA) is 112 Å². The summed E-state index contributed by atoms with van der Waals surface area (Å²) >= 11 is 5.75. The predicted octanol–water partition coefficient (Wildman–Crippen LogP) is 0.892. The molecule has 1 saturated heterocycles. The number of aryl methyl sites for hydroxylation is 1. The molecule has 2 heterocycles. The SMILES string of the molecule is Cc1cc(Cl)nc(NS(=O)(=O)N2CCC(C(=O)O)CC2)n1. The largest absolute Gasteiger partial charge is 0.481 e. The van der Waals surface area contributed by atoms with Gasteiger partial charge in [-0.15, -0.1) is 0 Å². The van der Waals surface area contributed by atoms with Crippen molar-refractivity contribution < 1.29 is 18.3 Å². The molecule has 0 atom stereocenters. The van der Waals surface area contributed by atoms with Crippen LogP contribution in [0.25, 0.3) is 0 Å². The third kappa shape index (κ3) is 4.02. The van der Waals surface area contributed by atoms with E-state index >= 15 is 0 Å². The first-order valence-corrected chi connectivity index (χ1v) is 8.11. The Balaban J connectivity index is 2.07. The predicted molar refractivity (Wildman–Crippen MR) is 76.3 cm³/mol. The Hall–Kier alpha value is -1.45. The molecule has 2 N–H and O–H groups in total. The second-order valence-electron chi connectivity index (χ2n) is 4.77. The van der Waals surface area contributed by atoms with E-state index in [4.69, 9.17) is 16.7 Å². The lowest BCUT2D eigenvalue weighted by molar-refractivity contribution is -0.142. The zero-order valence-electron chi connectivity index (χ0n) is 11.3. The van der Waals surface area contributed by atoms with E-state index in [1.807, 2.05) is 0 Å². The highest BCUT2D eigenvalue weighted by molar-refractivity contribution is 7.90. The van der Waals surface area contributed by atoms with Gasteiger partial charge in [-0.3, -0.25) is 4.79 Å². The van der Waals surface area contributed by atoms with Crippen molar-refractivity contribution in [2.24, 2.45) is 5.92 Å². The second-order valence-corrected chi connectivity index (χ2v) is 6.83. The van der Waals surface area contributed by atoms with Crippen molar-refractivity contribution in [1.29, 1.82) is 0 Å². The van der Waals surface area contributed by atoms with E-state index < -0.39 is 22.1 Å². The fourth-order valence-electron chi connectivity index (χ4n) is 2.10. The van der Waals surface area contributed by atoms with Crippen molar-refractivity contribution in [1.82, 2.24) is 14.3 Å². The fraction of sp³-hybridized carbons (Fsp3) is 0.545. The Morgan fingerprint density at radius 3 is 2.57 bits per heavy atom. The summed E-state index contributed by atoms with van der Waals surface area (Å²) in [7, 11) is -3.81. The Morgan fingerprint density at radius 1 is 1.43 bits per heavy atom. The van der Waals surface area contributed by atoms with Crippen molar-refractivity contribution >= 4 is 33.7 Å². The summed E-state index contributed by atoms with van der Waals surface area (Å²) in [6.07, 6.45) is 0.567. The number of piperidine rings is 1. The Kier molecular flexibility index (Phi) is 4.64. The van der Waals surface area contributed by atoms with Crippen LogP contribution in [0.15, 0.2) is 6.07 Å². The highest BCUT2D eigenvalue weighted by Crippen LogP contribution is 2.20. The van der Waals surface area contributed by atoms with Crippen LogP contribution < -0.4 is 4.72 Å². The Bertz CT molecular complexity index is 623. The number of carboxylic acid groups (broad SMARTS) is 1. The van der Waals surface area contributed by atoms with E-state index in [1.165, 1.54) is 10.4 Å². The van der Waals surface area contributed by atoms with E-state index in [0.717, 1.165) is 0 Å². The van der Waals surface area contributed by atoms with Crippen molar-refractivity contribution in [2.75, 3.05) is 17.8 Å². The third-order valence-electron chi connectivity index (χ3n) is 3.19. The molecule has 0 bridgehead atoms. The number of nitrogens with zero attached hydrogens (tertiary/aromatic N) is 3. The molecule has 1 fully saturated rings. The smallest absolute Gasteiger partial charge is 0.306 e. The Morgan fingerprint density at radius 2 is 2.05 bits per heavy atom. The molecule has 10 heteroatoms. The zero-order chi connectivity index (χ0) is 15.6. The van der Waals surface area contributed by atoms with Gasteiger partial charge < -0.3 is 5.11 Å². The van der Waals surface area contributed by atoms with E-state index in [-0.39, 0.29) is 37.0 Å². The summed E-state index contributed by atoms with van der Waals surface area (Å²) in [6.45, 7) is 1.96. The maximum Gasteiger partial charge on any atom is 0.306 e. The van der Waals surface area contributed by atoms with Crippen LogP contribution in [0.2, 0.25) is 5.15 Å². The molecule has 0 amide bonds. The van der Waals surface area contributed by atoms with E-state index in [0.29, 0.717) is 5.69 Å². The van der Waals surface area contributed by atoms with Gasteiger partial charge in [-0.2, -0.15) is 12.7 Å². The molecular weight excluding hydrogens is 320 g/mol. The molecule has 1 aromatic heterocycles. The number of aromatic nitrogens is 2. The minimum Gasteiger partial charge on any atom is -0.481 e. The lowest BCUT2D eigenvalue weighted by Gasteiger charge is -2.29. The van der Waals surface area contributed by atoms with E-state index in [9.17, 15) is 13.2 Å². The average Bonchev–Trinajstić information content (AvgIpc) is 2.37. The highest BCUT2D eigenvalue weighted by atomic mass is 35.5. The van der Waals surface area contributed by atoms with Crippen molar-refractivity contribution in [3.8, 4) is 0 Å². The molecule has 0 unspecified atom stereocenters. The molecular formula is C11H15ClN4O4S. The van der Waals surface area contributed by atoms with Crippen LogP contribution in [0.1, 0.15) is 18.5 Å². The number of halogens is 1. The molecule has 1 aliphatic rings. The van der Waals surface area contributed by atoms with Gasteiger partial charge in [-0.05, 0) is 25.8 Å². The van der Waals surface area contributed by atoms with Crippen LogP contribution in [-0.4, -0.2) is 46.9 Å². The number of rotatable bonds is 4. The summed E-state index contributed by atoms with van der Waals surface area (Å²) in [5.74, 6) is -1.49. The molecule has 1 aromatic rings. The highest BCUT2D eigenvalue weighted by Gasteiger charge is 2.31. The van der Waals surface area contributed by atoms with Gasteiger partial charge in [-0.25, -0.2) is 14.7 Å². The van der Waals surface area contributed by atoms with Crippen molar-refractivity contribution in [3.63, 3.8) is 0 Å². The maximum absolute atomic E-state index is 12.2. The van der Waals surface area contributed by atoms with E-state index in [2.05, 4.69) is 14.7 Å². The monoisotopic (exact) mass is 334 g/mol. The fourth-order valence-corrected chi connectivity index (χ4v) is 3.48. The van der Waals surface area contributed by atoms with Crippen LogP contribution in [-0.2, 0) is 15.0 Å². The molecule has 0 radical (unpaired) electrons. The van der Waals surface area contributed by atoms with Crippen molar-refractivity contribution in [2.45, 2.75) is 19.8 Å². The first-order chi connectivity index (χ1) is 9.78. The minimum absolute atomic E-state index is 0.0969. The number of hydrogen-bond acceptors (Lipinski definition) is 5. The summed E-state index contributed by atoms with van der Waals surface area (Å²) in [5.41, 5.74) is 0.539. The third-order valence-corrected chi connectivity index (χ3v) is 4.87. The Labute approximate surface area is 127 Å². The quantitative estimate of drug-likeness (QED) is 0.791. The van der Waals surface area contributed by atoms with Gasteiger partial charge in [0.05, 0.1) is 5.92 Å². The lowest BCUT2D eigenvalue weighted by atomic mass is 9.99. The van der Waals surface area contributed by atoms with Gasteiger partial charge in [0, 0.05) is 18.8 Å². The van der Waals surface area contributed by atoms with Crippen molar-refractivity contribution in [3.05, 3.63) is 16.9 Å². The zero-order valence-corrected chi connectivity index (χ0v) is 12.9. The average molecular weight is 335 g/mol. The van der Waals surface area contributed by atoms with Crippen LogP contribution in [0.5, 0.6) is 0 Å². The number of nitrogens with one attached hydrogen (secondary N) is 1. The summed E-state index contributed by atoms with van der Waals surface area (Å²) in [4.78, 5) is 18.6. The summed E-state index contributed by atoms with van der Waals surface area (Å²) in [6, 6.07) is 1.51. The minimum atomic E-state index is -3.81. The molecule has 0 spiro atoms. The molecule has 0 aromatic carbocycles. The second kappa shape index (κ2) is 6.12. The normalized spacial score (nSPS) is 17.6. The molecule has 2 rings (SSSR count). The number of anilines is 1. The standard InChI is InChI=1S/C11H15ClN4O4S/c1-7-6-9(12)14-11(13-7)15-21(19,20)16-4-2-8(3-5-16)10(17)18/h6,8H,2-5H2,1H3,(H,17,18)(H,13,14,15). The van der Waals surface area contributed by atoms with Gasteiger partial charge in [0.1, 0.15) is 5.15 Å². The molecule has 21 heavy (non-hydrogen) atoms. The first-order valence-electron chi connectivity index (χ1n) is 6.30. The van der Waals surface area contributed by atoms with Crippen LogP contribution in [0.4, 0.5) is 5.95 Å².